The molecule has 0 fully saturated rings. The van der Waals surface area contributed by atoms with Crippen molar-refractivity contribution in [3.8, 4) is 11.3 Å². The Kier molecular flexibility index (Phi) is 5.29. The lowest BCUT2D eigenvalue weighted by Gasteiger charge is -2.16. The molecule has 1 amide bonds. The van der Waals surface area contributed by atoms with E-state index in [9.17, 15) is 4.79 Å². The van der Waals surface area contributed by atoms with E-state index in [-0.39, 0.29) is 5.91 Å². The molecule has 1 aromatic carbocycles. The number of aromatic nitrogens is 3. The molecule has 148 valence electrons. The Morgan fingerprint density at radius 3 is 2.83 bits per heavy atom. The lowest BCUT2D eigenvalue weighted by molar-refractivity contribution is -0.130. The maximum atomic E-state index is 12.5. The molecule has 0 aliphatic carbocycles. The second-order valence-electron chi connectivity index (χ2n) is 6.99. The molecule has 1 N–H and O–H groups in total. The van der Waals surface area contributed by atoms with E-state index in [1.807, 2.05) is 22.7 Å². The normalized spacial score (nSPS) is 11.0. The predicted octanol–water partition coefficient (Wildman–Crippen LogP) is 3.76. The van der Waals surface area contributed by atoms with Crippen molar-refractivity contribution < 1.29 is 9.21 Å². The summed E-state index contributed by atoms with van der Waals surface area (Å²) in [5, 5.41) is 3.40. The summed E-state index contributed by atoms with van der Waals surface area (Å²) >= 11 is 0. The fraction of sp³-hybridized carbons (Fsp3) is 0.227. The quantitative estimate of drug-likeness (QED) is 0.521. The molecule has 3 heterocycles. The molecule has 7 nitrogen and oxygen atoms in total. The molecule has 0 spiro atoms. The van der Waals surface area contributed by atoms with Gasteiger partial charge in [-0.05, 0) is 19.1 Å². The molecule has 4 rings (SSSR count). The zero-order chi connectivity index (χ0) is 20.2. The number of fused-ring (bicyclic) bond motifs is 1. The first-order valence-corrected chi connectivity index (χ1v) is 9.51. The minimum atomic E-state index is 0.0428. The largest absolute Gasteiger partial charge is 0.467 e. The number of anilines is 1. The van der Waals surface area contributed by atoms with E-state index in [4.69, 9.17) is 9.40 Å². The minimum absolute atomic E-state index is 0.0428. The molecule has 0 atom stereocenters. The van der Waals surface area contributed by atoms with Gasteiger partial charge in [0.2, 0.25) is 5.91 Å². The second kappa shape index (κ2) is 8.18. The van der Waals surface area contributed by atoms with Gasteiger partial charge in [0.1, 0.15) is 17.3 Å². The van der Waals surface area contributed by atoms with Gasteiger partial charge in [0.15, 0.2) is 5.65 Å². The number of carbonyl (C=O) groups excluding carboxylic acids is 1. The van der Waals surface area contributed by atoms with Crippen LogP contribution in [0.5, 0.6) is 0 Å². The number of furan rings is 1. The van der Waals surface area contributed by atoms with E-state index < -0.39 is 0 Å². The number of nitrogens with one attached hydrogen (secondary N) is 1. The fourth-order valence-corrected chi connectivity index (χ4v) is 3.19. The molecule has 3 aromatic heterocycles. The number of hydrogen-bond donors (Lipinski definition) is 1. The van der Waals surface area contributed by atoms with E-state index in [1.165, 1.54) is 5.56 Å². The average molecular weight is 389 g/mol. The van der Waals surface area contributed by atoms with Gasteiger partial charge in [-0.15, -0.1) is 0 Å². The summed E-state index contributed by atoms with van der Waals surface area (Å²) in [6.45, 7) is 3.01. The van der Waals surface area contributed by atoms with Crippen LogP contribution in [0.15, 0.2) is 65.7 Å². The summed E-state index contributed by atoms with van der Waals surface area (Å²) in [5.74, 6) is 1.67. The first-order valence-electron chi connectivity index (χ1n) is 9.51. The number of aryl methyl sites for hydroxylation is 1. The van der Waals surface area contributed by atoms with Crippen molar-refractivity contribution in [1.29, 1.82) is 0 Å². The first-order chi connectivity index (χ1) is 14.1. The van der Waals surface area contributed by atoms with Crippen LogP contribution in [0.4, 0.5) is 5.82 Å². The average Bonchev–Trinajstić information content (AvgIpc) is 3.36. The van der Waals surface area contributed by atoms with Crippen LogP contribution in [0, 0.1) is 6.92 Å². The van der Waals surface area contributed by atoms with Gasteiger partial charge >= 0.3 is 0 Å². The fourth-order valence-electron chi connectivity index (χ4n) is 3.19. The molecular weight excluding hydrogens is 366 g/mol. The summed E-state index contributed by atoms with van der Waals surface area (Å²) in [7, 11) is 1.78. The first kappa shape index (κ1) is 18.7. The van der Waals surface area contributed by atoms with Crippen LogP contribution in [0.1, 0.15) is 17.7 Å². The van der Waals surface area contributed by atoms with E-state index in [2.05, 4.69) is 41.5 Å². The molecule has 0 radical (unpaired) electrons. The van der Waals surface area contributed by atoms with Crippen molar-refractivity contribution >= 4 is 17.4 Å². The Balaban J connectivity index is 1.49. The van der Waals surface area contributed by atoms with Crippen LogP contribution in [-0.4, -0.2) is 38.8 Å². The van der Waals surface area contributed by atoms with Gasteiger partial charge in [0, 0.05) is 38.0 Å². The van der Waals surface area contributed by atoms with Crippen LogP contribution in [0.3, 0.4) is 0 Å². The molecule has 0 unspecified atom stereocenters. The number of hydrogen-bond acceptors (Lipinski definition) is 5. The van der Waals surface area contributed by atoms with Crippen molar-refractivity contribution in [3.63, 3.8) is 0 Å². The van der Waals surface area contributed by atoms with Crippen LogP contribution >= 0.6 is 0 Å². The highest BCUT2D eigenvalue weighted by molar-refractivity contribution is 5.78. The lowest BCUT2D eigenvalue weighted by atomic mass is 10.1. The summed E-state index contributed by atoms with van der Waals surface area (Å²) in [5.41, 5.74) is 3.81. The highest BCUT2D eigenvalue weighted by Crippen LogP contribution is 2.28. The number of rotatable bonds is 7. The van der Waals surface area contributed by atoms with Crippen molar-refractivity contribution in [2.75, 3.05) is 18.9 Å². The van der Waals surface area contributed by atoms with Gasteiger partial charge in [-0.2, -0.15) is 0 Å². The van der Waals surface area contributed by atoms with Crippen molar-refractivity contribution in [1.82, 2.24) is 19.3 Å². The van der Waals surface area contributed by atoms with Gasteiger partial charge in [-0.3, -0.25) is 14.2 Å². The third-order valence-electron chi connectivity index (χ3n) is 4.79. The second-order valence-corrected chi connectivity index (χ2v) is 6.99. The third-order valence-corrected chi connectivity index (χ3v) is 4.79. The number of benzene rings is 1. The molecule has 0 aliphatic heterocycles. The molecule has 4 aromatic rings. The minimum Gasteiger partial charge on any atom is -0.467 e. The standard InChI is InChI=1S/C22H23N5O2/c1-16-5-7-17(8-6-16)21-22(27-12-11-23-14-19(27)25-21)24-10-9-20(28)26(2)15-18-4-3-13-29-18/h3-8,11-14,24H,9-10,15H2,1-2H3. The van der Waals surface area contributed by atoms with Crippen LogP contribution in [-0.2, 0) is 11.3 Å². The van der Waals surface area contributed by atoms with Crippen LogP contribution in [0.25, 0.3) is 16.9 Å². The van der Waals surface area contributed by atoms with Crippen LogP contribution in [0.2, 0.25) is 0 Å². The number of imidazole rings is 1. The summed E-state index contributed by atoms with van der Waals surface area (Å²) in [6, 6.07) is 11.9. The molecule has 0 saturated carbocycles. The smallest absolute Gasteiger partial charge is 0.224 e. The molecule has 29 heavy (non-hydrogen) atoms. The van der Waals surface area contributed by atoms with E-state index in [0.29, 0.717) is 19.5 Å². The van der Waals surface area contributed by atoms with E-state index >= 15 is 0 Å². The Hall–Kier alpha value is -3.61. The van der Waals surface area contributed by atoms with Gasteiger partial charge in [0.05, 0.1) is 19.0 Å². The van der Waals surface area contributed by atoms with Crippen molar-refractivity contribution in [2.45, 2.75) is 19.9 Å². The van der Waals surface area contributed by atoms with E-state index in [0.717, 1.165) is 28.5 Å². The molecule has 0 aliphatic rings. The van der Waals surface area contributed by atoms with Crippen LogP contribution < -0.4 is 5.32 Å². The molecular formula is C22H23N5O2. The SMILES string of the molecule is Cc1ccc(-c2nc3cnccn3c2NCCC(=O)N(C)Cc2ccco2)cc1. The summed E-state index contributed by atoms with van der Waals surface area (Å²) in [6.07, 6.45) is 7.30. The zero-order valence-electron chi connectivity index (χ0n) is 16.5. The Morgan fingerprint density at radius 2 is 2.07 bits per heavy atom. The molecule has 7 heteroatoms. The van der Waals surface area contributed by atoms with E-state index in [1.54, 1.807) is 30.6 Å². The number of nitrogens with zero attached hydrogens (tertiary/aromatic N) is 4. The Labute approximate surface area is 169 Å². The van der Waals surface area contributed by atoms with Crippen molar-refractivity contribution in [3.05, 3.63) is 72.6 Å². The topological polar surface area (TPSA) is 75.7 Å². The highest BCUT2D eigenvalue weighted by Gasteiger charge is 2.15. The van der Waals surface area contributed by atoms with Crippen molar-refractivity contribution in [2.24, 2.45) is 0 Å². The number of carbonyl (C=O) groups is 1. The summed E-state index contributed by atoms with van der Waals surface area (Å²) in [4.78, 5) is 23.0. The maximum absolute atomic E-state index is 12.5. The van der Waals surface area contributed by atoms with Gasteiger partial charge < -0.3 is 14.6 Å². The monoisotopic (exact) mass is 389 g/mol. The maximum Gasteiger partial charge on any atom is 0.224 e. The van der Waals surface area contributed by atoms with Gasteiger partial charge in [-0.1, -0.05) is 29.8 Å². The van der Waals surface area contributed by atoms with Gasteiger partial charge in [0.25, 0.3) is 0 Å². The Morgan fingerprint density at radius 1 is 1.24 bits per heavy atom. The molecule has 0 bridgehead atoms. The zero-order valence-corrected chi connectivity index (χ0v) is 16.5. The Bertz CT molecular complexity index is 1100. The third kappa shape index (κ3) is 4.13. The highest BCUT2D eigenvalue weighted by atomic mass is 16.3. The lowest BCUT2D eigenvalue weighted by Crippen LogP contribution is -2.27. The predicted molar refractivity (Wildman–Crippen MR) is 111 cm³/mol. The van der Waals surface area contributed by atoms with Gasteiger partial charge in [-0.25, -0.2) is 4.98 Å². The number of amides is 1. The molecule has 0 saturated heterocycles. The summed E-state index contributed by atoms with van der Waals surface area (Å²) < 4.78 is 7.27.